The van der Waals surface area contributed by atoms with Crippen LogP contribution in [0.2, 0.25) is 0 Å². The van der Waals surface area contributed by atoms with E-state index in [1.54, 1.807) is 0 Å². The van der Waals surface area contributed by atoms with E-state index < -0.39 is 0 Å². The first-order valence-electron chi connectivity index (χ1n) is 10.4. The zero-order chi connectivity index (χ0) is 20.2. The van der Waals surface area contributed by atoms with E-state index in [0.29, 0.717) is 0 Å². The molecule has 1 aromatic heterocycles. The topological polar surface area (TPSA) is 34.6 Å². The van der Waals surface area contributed by atoms with E-state index >= 15 is 0 Å². The van der Waals surface area contributed by atoms with Crippen molar-refractivity contribution in [2.45, 2.75) is 0 Å². The standard InChI is InChI=1S/C24H31N5/c1-27(2)13-12-25-21-10-6-4-8-19(21)23-18-24(29-16-14-28(3)15-17-29)20-9-5-7-11-22(20)26-23/h4-11,18,25H,12-17H2,1-3H3. The molecule has 0 unspecified atom stereocenters. The van der Waals surface area contributed by atoms with Gasteiger partial charge in [0.05, 0.1) is 11.2 Å². The van der Waals surface area contributed by atoms with Crippen molar-refractivity contribution in [3.8, 4) is 11.3 Å². The average Bonchev–Trinajstić information content (AvgIpc) is 2.74. The first-order chi connectivity index (χ1) is 14.1. The minimum Gasteiger partial charge on any atom is -0.383 e. The van der Waals surface area contributed by atoms with Gasteiger partial charge < -0.3 is 20.0 Å². The molecule has 29 heavy (non-hydrogen) atoms. The Labute approximate surface area is 173 Å². The van der Waals surface area contributed by atoms with Crippen LogP contribution in [0.5, 0.6) is 0 Å². The van der Waals surface area contributed by atoms with Crippen LogP contribution in [-0.4, -0.2) is 75.2 Å². The van der Waals surface area contributed by atoms with Crippen LogP contribution in [0.3, 0.4) is 0 Å². The van der Waals surface area contributed by atoms with Gasteiger partial charge in [-0.3, -0.25) is 0 Å². The molecule has 1 N–H and O–H groups in total. The van der Waals surface area contributed by atoms with Crippen molar-refractivity contribution >= 4 is 22.3 Å². The Hall–Kier alpha value is -2.63. The van der Waals surface area contributed by atoms with E-state index in [0.717, 1.165) is 61.7 Å². The van der Waals surface area contributed by atoms with Crippen molar-refractivity contribution in [2.75, 3.05) is 70.6 Å². The Morgan fingerprint density at radius 3 is 2.48 bits per heavy atom. The lowest BCUT2D eigenvalue weighted by Gasteiger charge is -2.35. The molecule has 1 aliphatic heterocycles. The van der Waals surface area contributed by atoms with E-state index in [2.05, 4.69) is 95.8 Å². The molecule has 5 nitrogen and oxygen atoms in total. The zero-order valence-electron chi connectivity index (χ0n) is 17.7. The maximum Gasteiger partial charge on any atom is 0.0751 e. The monoisotopic (exact) mass is 389 g/mol. The molecule has 0 atom stereocenters. The highest BCUT2D eigenvalue weighted by Gasteiger charge is 2.18. The van der Waals surface area contributed by atoms with Crippen LogP contribution in [0.15, 0.2) is 54.6 Å². The molecule has 1 fully saturated rings. The van der Waals surface area contributed by atoms with Gasteiger partial charge in [-0.15, -0.1) is 0 Å². The quantitative estimate of drug-likeness (QED) is 0.696. The number of piperazine rings is 1. The van der Waals surface area contributed by atoms with Crippen molar-refractivity contribution < 1.29 is 0 Å². The second-order valence-electron chi connectivity index (χ2n) is 8.11. The summed E-state index contributed by atoms with van der Waals surface area (Å²) in [6.07, 6.45) is 0. The van der Waals surface area contributed by atoms with Crippen LogP contribution in [0.25, 0.3) is 22.2 Å². The molecule has 3 aromatic rings. The molecule has 4 rings (SSSR count). The number of hydrogen-bond donors (Lipinski definition) is 1. The lowest BCUT2D eigenvalue weighted by molar-refractivity contribution is 0.313. The zero-order valence-corrected chi connectivity index (χ0v) is 17.7. The number of fused-ring (bicyclic) bond motifs is 1. The fraction of sp³-hybridized carbons (Fsp3) is 0.375. The van der Waals surface area contributed by atoms with Crippen molar-refractivity contribution in [3.63, 3.8) is 0 Å². The molecule has 0 bridgehead atoms. The first kappa shape index (κ1) is 19.7. The first-order valence-corrected chi connectivity index (χ1v) is 10.4. The third-order valence-electron chi connectivity index (χ3n) is 5.62. The highest BCUT2D eigenvalue weighted by Crippen LogP contribution is 2.34. The number of para-hydroxylation sites is 2. The van der Waals surface area contributed by atoms with Crippen molar-refractivity contribution in [2.24, 2.45) is 0 Å². The van der Waals surface area contributed by atoms with E-state index in [-0.39, 0.29) is 0 Å². The summed E-state index contributed by atoms with van der Waals surface area (Å²) in [5, 5.41) is 4.83. The second-order valence-corrected chi connectivity index (χ2v) is 8.11. The Morgan fingerprint density at radius 1 is 0.966 bits per heavy atom. The van der Waals surface area contributed by atoms with Gasteiger partial charge in [0, 0.05) is 61.6 Å². The molecule has 152 valence electrons. The smallest absolute Gasteiger partial charge is 0.0751 e. The summed E-state index contributed by atoms with van der Waals surface area (Å²) < 4.78 is 0. The molecule has 0 saturated carbocycles. The molecule has 0 spiro atoms. The summed E-state index contributed by atoms with van der Waals surface area (Å²) in [7, 11) is 6.39. The molecule has 5 heteroatoms. The number of anilines is 2. The van der Waals surface area contributed by atoms with Gasteiger partial charge in [0.1, 0.15) is 0 Å². The molecule has 2 aromatic carbocycles. The van der Waals surface area contributed by atoms with Crippen molar-refractivity contribution in [1.29, 1.82) is 0 Å². The average molecular weight is 390 g/mol. The third kappa shape index (κ3) is 4.52. The maximum absolute atomic E-state index is 5.03. The Kier molecular flexibility index (Phi) is 5.97. The molecule has 0 aliphatic carbocycles. The van der Waals surface area contributed by atoms with Gasteiger partial charge in [0.15, 0.2) is 0 Å². The van der Waals surface area contributed by atoms with Gasteiger partial charge >= 0.3 is 0 Å². The van der Waals surface area contributed by atoms with Gasteiger partial charge in [0.2, 0.25) is 0 Å². The minimum atomic E-state index is 0.906. The van der Waals surface area contributed by atoms with Crippen LogP contribution in [-0.2, 0) is 0 Å². The van der Waals surface area contributed by atoms with Crippen LogP contribution < -0.4 is 10.2 Å². The third-order valence-corrected chi connectivity index (χ3v) is 5.62. The summed E-state index contributed by atoms with van der Waals surface area (Å²) in [5.74, 6) is 0. The number of aromatic nitrogens is 1. The lowest BCUT2D eigenvalue weighted by Crippen LogP contribution is -2.44. The fourth-order valence-corrected chi connectivity index (χ4v) is 3.88. The molecule has 2 heterocycles. The summed E-state index contributed by atoms with van der Waals surface area (Å²) in [5.41, 5.74) is 5.68. The number of nitrogens with zero attached hydrogens (tertiary/aromatic N) is 4. The number of rotatable bonds is 6. The van der Waals surface area contributed by atoms with E-state index in [4.69, 9.17) is 4.98 Å². The van der Waals surface area contributed by atoms with Crippen LogP contribution in [0.1, 0.15) is 0 Å². The fourth-order valence-electron chi connectivity index (χ4n) is 3.88. The number of hydrogen-bond acceptors (Lipinski definition) is 5. The van der Waals surface area contributed by atoms with E-state index in [1.165, 1.54) is 11.1 Å². The largest absolute Gasteiger partial charge is 0.383 e. The normalized spacial score (nSPS) is 15.2. The predicted octanol–water partition coefficient (Wildman–Crippen LogP) is 3.63. The summed E-state index contributed by atoms with van der Waals surface area (Å²) in [6, 6.07) is 19.3. The maximum atomic E-state index is 5.03. The summed E-state index contributed by atoms with van der Waals surface area (Å²) in [6.45, 7) is 6.18. The van der Waals surface area contributed by atoms with E-state index in [1.807, 2.05) is 0 Å². The molecule has 0 radical (unpaired) electrons. The summed E-state index contributed by atoms with van der Waals surface area (Å²) >= 11 is 0. The van der Waals surface area contributed by atoms with Crippen LogP contribution in [0, 0.1) is 0 Å². The van der Waals surface area contributed by atoms with Crippen molar-refractivity contribution in [3.05, 3.63) is 54.6 Å². The number of likely N-dealkylation sites (N-methyl/N-ethyl adjacent to an activating group) is 2. The van der Waals surface area contributed by atoms with Crippen molar-refractivity contribution in [1.82, 2.24) is 14.8 Å². The van der Waals surface area contributed by atoms with Gasteiger partial charge in [0.25, 0.3) is 0 Å². The highest BCUT2D eigenvalue weighted by atomic mass is 15.2. The van der Waals surface area contributed by atoms with E-state index in [9.17, 15) is 0 Å². The number of nitrogens with one attached hydrogen (secondary N) is 1. The molecule has 1 saturated heterocycles. The van der Waals surface area contributed by atoms with Gasteiger partial charge in [-0.2, -0.15) is 0 Å². The molecule has 0 amide bonds. The molecular formula is C24H31N5. The highest BCUT2D eigenvalue weighted by molar-refractivity contribution is 5.95. The SMILES string of the molecule is CN(C)CCNc1ccccc1-c1cc(N2CCN(C)CC2)c2ccccc2n1. The Bertz CT molecular complexity index is 960. The number of benzene rings is 2. The minimum absolute atomic E-state index is 0.906. The summed E-state index contributed by atoms with van der Waals surface area (Å²) in [4.78, 5) is 12.1. The Balaban J connectivity index is 1.73. The van der Waals surface area contributed by atoms with Crippen LogP contribution in [0.4, 0.5) is 11.4 Å². The number of pyridine rings is 1. The van der Waals surface area contributed by atoms with Crippen LogP contribution >= 0.6 is 0 Å². The lowest BCUT2D eigenvalue weighted by atomic mass is 10.0. The second kappa shape index (κ2) is 8.80. The van der Waals surface area contributed by atoms with Gasteiger partial charge in [-0.05, 0) is 39.3 Å². The predicted molar refractivity (Wildman–Crippen MR) is 124 cm³/mol. The van der Waals surface area contributed by atoms with Gasteiger partial charge in [-0.25, -0.2) is 4.98 Å². The molecule has 1 aliphatic rings. The molecular weight excluding hydrogens is 358 g/mol. The van der Waals surface area contributed by atoms with Gasteiger partial charge in [-0.1, -0.05) is 36.4 Å². The Morgan fingerprint density at radius 2 is 1.69 bits per heavy atom.